The summed E-state index contributed by atoms with van der Waals surface area (Å²) in [6.45, 7) is 6.36. The number of hydrogen-bond acceptors (Lipinski definition) is 10. The minimum absolute atomic E-state index is 0.0189. The number of ether oxygens (including phenoxy) is 1. The predicted octanol–water partition coefficient (Wildman–Crippen LogP) is 0.941. The Balaban J connectivity index is 1.54. The highest BCUT2D eigenvalue weighted by atomic mass is 16.5. The zero-order valence-corrected chi connectivity index (χ0v) is 37.5. The second-order valence-corrected chi connectivity index (χ2v) is 16.7. The normalized spacial score (nSPS) is 23.2. The van der Waals surface area contributed by atoms with Crippen LogP contribution in [-0.4, -0.2) is 113 Å². The maximum atomic E-state index is 14.4. The van der Waals surface area contributed by atoms with Crippen LogP contribution in [0.2, 0.25) is 0 Å². The van der Waals surface area contributed by atoms with Gasteiger partial charge in [0, 0.05) is 36.0 Å². The Labute approximate surface area is 382 Å². The van der Waals surface area contributed by atoms with Crippen LogP contribution in [0.5, 0.6) is 0 Å². The summed E-state index contributed by atoms with van der Waals surface area (Å²) >= 11 is 0. The molecule has 2 heterocycles. The predicted molar refractivity (Wildman–Crippen MR) is 245 cm³/mol. The van der Waals surface area contributed by atoms with Gasteiger partial charge in [0.05, 0.1) is 6.61 Å². The first kappa shape index (κ1) is 49.7. The minimum atomic E-state index is -1.65. The lowest BCUT2D eigenvalue weighted by atomic mass is 9.99. The molecule has 0 unspecified atom stereocenters. The molecule has 7 amide bonds. The van der Waals surface area contributed by atoms with Crippen molar-refractivity contribution in [3.05, 3.63) is 114 Å². The molecule has 0 bridgehead atoms. The third-order valence-electron chi connectivity index (χ3n) is 10.9. The van der Waals surface area contributed by atoms with Gasteiger partial charge in [-0.2, -0.15) is 0 Å². The maximum absolute atomic E-state index is 14.4. The van der Waals surface area contributed by atoms with Crippen LogP contribution in [0.4, 0.5) is 0 Å². The average Bonchev–Trinajstić information content (AvgIpc) is 3.71. The average molecular weight is 907 g/mol. The second kappa shape index (κ2) is 23.5. The highest BCUT2D eigenvalue weighted by Crippen LogP contribution is 2.20. The SMILES string of the molecule is CC(C)[C@H]1NC(=O)[C@H](Cc2ccccc2)NC(=O)[C@@H](C(C)C)NC(=O)[C@@H](C)NC(=O)[C@H](CO)NC(=O)[C@@H](Cc2c[nH]c3ccccc23)NC(=O)[C@@H](COC(=O)/C=C/c2ccccc2)NC1=O. The lowest BCUT2D eigenvalue weighted by Gasteiger charge is -2.29. The van der Waals surface area contributed by atoms with Gasteiger partial charge in [0.1, 0.15) is 48.9 Å². The van der Waals surface area contributed by atoms with E-state index in [0.717, 1.165) is 17.0 Å². The van der Waals surface area contributed by atoms with E-state index in [0.29, 0.717) is 16.7 Å². The van der Waals surface area contributed by atoms with E-state index in [4.69, 9.17) is 4.74 Å². The molecule has 3 aromatic carbocycles. The van der Waals surface area contributed by atoms with Crippen molar-refractivity contribution in [1.82, 2.24) is 42.2 Å². The summed E-state index contributed by atoms with van der Waals surface area (Å²) in [5.74, 6) is -7.97. The Hall–Kier alpha value is -7.34. The smallest absolute Gasteiger partial charge is 0.330 e. The van der Waals surface area contributed by atoms with E-state index in [-0.39, 0.29) is 12.8 Å². The Morgan fingerprint density at radius 1 is 0.591 bits per heavy atom. The molecule has 1 fully saturated rings. The fraction of sp³-hybridized carbons (Fsp3) is 0.375. The van der Waals surface area contributed by atoms with Gasteiger partial charge < -0.3 is 52.0 Å². The van der Waals surface area contributed by atoms with E-state index in [1.807, 2.05) is 12.1 Å². The van der Waals surface area contributed by atoms with Crippen molar-refractivity contribution in [2.75, 3.05) is 13.2 Å². The van der Waals surface area contributed by atoms with E-state index in [1.165, 1.54) is 13.0 Å². The largest absolute Gasteiger partial charge is 0.460 e. The van der Waals surface area contributed by atoms with E-state index >= 15 is 0 Å². The van der Waals surface area contributed by atoms with Gasteiger partial charge in [-0.3, -0.25) is 33.6 Å². The minimum Gasteiger partial charge on any atom is -0.460 e. The van der Waals surface area contributed by atoms with Crippen LogP contribution in [-0.2, 0) is 55.9 Å². The quantitative estimate of drug-likeness (QED) is 0.0760. The summed E-state index contributed by atoms with van der Waals surface area (Å²) in [5.41, 5.74) is 2.67. The maximum Gasteiger partial charge on any atom is 0.330 e. The first-order valence-corrected chi connectivity index (χ1v) is 21.8. The Morgan fingerprint density at radius 2 is 1.09 bits per heavy atom. The molecule has 18 nitrogen and oxygen atoms in total. The number of hydrogen-bond donors (Lipinski definition) is 9. The summed E-state index contributed by atoms with van der Waals surface area (Å²) in [6, 6.07) is 15.0. The molecule has 5 rings (SSSR count). The summed E-state index contributed by atoms with van der Waals surface area (Å²) in [5, 5.41) is 29.3. The summed E-state index contributed by atoms with van der Waals surface area (Å²) < 4.78 is 5.47. The number of benzene rings is 3. The van der Waals surface area contributed by atoms with E-state index in [2.05, 4.69) is 42.2 Å². The summed E-state index contributed by atoms with van der Waals surface area (Å²) in [6.07, 6.45) is 4.10. The van der Waals surface area contributed by atoms with Crippen LogP contribution in [0.15, 0.2) is 97.2 Å². The van der Waals surface area contributed by atoms with Crippen molar-refractivity contribution in [2.45, 2.75) is 89.8 Å². The number of carbonyl (C=O) groups excluding carboxylic acids is 8. The number of esters is 1. The van der Waals surface area contributed by atoms with Crippen LogP contribution in [0, 0.1) is 11.8 Å². The fourth-order valence-corrected chi connectivity index (χ4v) is 7.16. The molecule has 4 aromatic rings. The molecular formula is C48H58N8O10. The highest BCUT2D eigenvalue weighted by molar-refractivity contribution is 5.99. The van der Waals surface area contributed by atoms with Gasteiger partial charge in [-0.05, 0) is 47.6 Å². The third kappa shape index (κ3) is 13.8. The molecule has 1 aromatic heterocycles. The first-order valence-electron chi connectivity index (χ1n) is 21.8. The van der Waals surface area contributed by atoms with Crippen LogP contribution >= 0.6 is 0 Å². The molecule has 0 radical (unpaired) electrons. The van der Waals surface area contributed by atoms with Crippen molar-refractivity contribution >= 4 is 64.3 Å². The molecule has 66 heavy (non-hydrogen) atoms. The zero-order valence-electron chi connectivity index (χ0n) is 37.5. The van der Waals surface area contributed by atoms with Crippen molar-refractivity contribution in [2.24, 2.45) is 11.8 Å². The molecule has 1 aliphatic rings. The number of carbonyl (C=O) groups is 8. The van der Waals surface area contributed by atoms with Crippen molar-refractivity contribution < 1.29 is 48.2 Å². The van der Waals surface area contributed by atoms with Crippen LogP contribution in [0.25, 0.3) is 17.0 Å². The first-order chi connectivity index (χ1) is 31.5. The molecule has 1 saturated heterocycles. The number of amides is 7. The molecule has 350 valence electrons. The fourth-order valence-electron chi connectivity index (χ4n) is 7.16. The molecule has 0 spiro atoms. The molecule has 7 atom stereocenters. The van der Waals surface area contributed by atoms with Crippen molar-refractivity contribution in [3.63, 3.8) is 0 Å². The second-order valence-electron chi connectivity index (χ2n) is 16.7. The molecule has 1 aliphatic heterocycles. The Bertz CT molecular complexity index is 2390. The Kier molecular flexibility index (Phi) is 17.7. The summed E-state index contributed by atoms with van der Waals surface area (Å²) in [4.78, 5) is 114. The molecule has 0 saturated carbocycles. The monoisotopic (exact) mass is 906 g/mol. The molecule has 18 heteroatoms. The van der Waals surface area contributed by atoms with Gasteiger partial charge in [-0.25, -0.2) is 4.79 Å². The number of aromatic amines is 1. The number of para-hydroxylation sites is 1. The van der Waals surface area contributed by atoms with E-state index in [9.17, 15) is 43.5 Å². The van der Waals surface area contributed by atoms with Crippen molar-refractivity contribution in [3.8, 4) is 0 Å². The van der Waals surface area contributed by atoms with Gasteiger partial charge in [0.25, 0.3) is 0 Å². The van der Waals surface area contributed by atoms with Crippen LogP contribution < -0.4 is 37.2 Å². The van der Waals surface area contributed by atoms with Gasteiger partial charge in [-0.1, -0.05) is 107 Å². The third-order valence-corrected chi connectivity index (χ3v) is 10.9. The number of aliphatic hydroxyl groups excluding tert-OH is 1. The highest BCUT2D eigenvalue weighted by Gasteiger charge is 2.36. The number of fused-ring (bicyclic) bond motifs is 1. The number of nitrogens with one attached hydrogen (secondary N) is 8. The Morgan fingerprint density at radius 3 is 1.73 bits per heavy atom. The number of aliphatic hydroxyl groups is 1. The van der Waals surface area contributed by atoms with Gasteiger partial charge in [0.2, 0.25) is 41.4 Å². The molecule has 0 aliphatic carbocycles. The van der Waals surface area contributed by atoms with Crippen molar-refractivity contribution in [1.29, 1.82) is 0 Å². The van der Waals surface area contributed by atoms with E-state index in [1.54, 1.807) is 107 Å². The van der Waals surface area contributed by atoms with Gasteiger partial charge >= 0.3 is 5.97 Å². The van der Waals surface area contributed by atoms with Crippen LogP contribution in [0.1, 0.15) is 51.3 Å². The number of aromatic nitrogens is 1. The number of H-pyrrole nitrogens is 1. The zero-order chi connectivity index (χ0) is 47.9. The molecular weight excluding hydrogens is 849 g/mol. The number of rotatable bonds is 11. The summed E-state index contributed by atoms with van der Waals surface area (Å²) in [7, 11) is 0. The van der Waals surface area contributed by atoms with Gasteiger partial charge in [0.15, 0.2) is 0 Å². The topological polar surface area (TPSA) is 266 Å². The van der Waals surface area contributed by atoms with E-state index < -0.39 is 115 Å². The lowest BCUT2D eigenvalue weighted by molar-refractivity contribution is -0.142. The molecule has 9 N–H and O–H groups in total. The van der Waals surface area contributed by atoms with Crippen LogP contribution in [0.3, 0.4) is 0 Å². The standard InChI is InChI=1S/C48H58N8O10/c1-27(2)40-47(64)52-35(22-31-16-10-7-11-17-31)44(61)56-41(28(3)4)48(65)54-38(26-66-39(58)21-20-30-14-8-6-9-15-30)46(63)51-36(23-32-24-49-34-19-13-12-18-33(32)34)43(60)53-37(25-57)45(62)50-29(5)42(59)55-40/h6-21,24,27-29,35-38,40-41,49,57H,22-23,25-26H2,1-5H3,(H,50,62)(H,51,63)(H,52,64)(H,53,60)(H,54,65)(H,55,59)(H,56,61)/b21-20+/t29-,35+,36-,37+,38-,40-,41-/m1/s1. The van der Waals surface area contributed by atoms with Gasteiger partial charge in [-0.15, -0.1) is 0 Å². The lowest BCUT2D eigenvalue weighted by Crippen LogP contribution is -2.61.